The van der Waals surface area contributed by atoms with Gasteiger partial charge in [-0.25, -0.2) is 15.0 Å². The maximum absolute atomic E-state index is 6.29. The van der Waals surface area contributed by atoms with Crippen molar-refractivity contribution in [3.63, 3.8) is 0 Å². The van der Waals surface area contributed by atoms with Crippen LogP contribution in [0.1, 0.15) is 13.8 Å². The van der Waals surface area contributed by atoms with Crippen LogP contribution in [-0.2, 0) is 0 Å². The van der Waals surface area contributed by atoms with E-state index in [1.54, 1.807) is 0 Å². The predicted octanol–water partition coefficient (Wildman–Crippen LogP) is 17.3. The second kappa shape index (κ2) is 16.3. The number of fused-ring (bicyclic) bond motifs is 11. The molecule has 0 aliphatic heterocycles. The number of hydrogen-bond donors (Lipinski definition) is 0. The molecule has 0 aliphatic rings. The molecule has 4 aromatic heterocycles. The van der Waals surface area contributed by atoms with Crippen LogP contribution in [0.5, 0.6) is 0 Å². The van der Waals surface area contributed by atoms with E-state index in [0.29, 0.717) is 17.5 Å². The first-order chi connectivity index (χ1) is 34.2. The summed E-state index contributed by atoms with van der Waals surface area (Å²) in [5, 5.41) is 9.23. The number of aromatic nitrogens is 4. The average Bonchev–Trinajstić information content (AvgIpc) is 4.11. The Hall–Kier alpha value is -9.13. The first-order valence-electron chi connectivity index (χ1n) is 23.5. The van der Waals surface area contributed by atoms with Gasteiger partial charge in [0.05, 0.1) is 11.0 Å². The Kier molecular flexibility index (Phi) is 9.51. The largest absolute Gasteiger partial charge is 0.456 e. The highest BCUT2D eigenvalue weighted by molar-refractivity contribution is 6.23. The van der Waals surface area contributed by atoms with Gasteiger partial charge in [-0.05, 0) is 100 Å². The van der Waals surface area contributed by atoms with Crippen LogP contribution in [0.25, 0.3) is 139 Å². The van der Waals surface area contributed by atoms with E-state index in [4.69, 9.17) is 23.8 Å². The molecule has 0 saturated heterocycles. The van der Waals surface area contributed by atoms with Crippen LogP contribution in [0.3, 0.4) is 0 Å². The first kappa shape index (κ1) is 40.2. The summed E-state index contributed by atoms with van der Waals surface area (Å²) in [6, 6.07) is 76.6. The lowest BCUT2D eigenvalue weighted by molar-refractivity contribution is 0.668. The molecule has 10 aromatic carbocycles. The van der Waals surface area contributed by atoms with E-state index < -0.39 is 0 Å². The summed E-state index contributed by atoms with van der Waals surface area (Å²) in [4.78, 5) is 15.2. The van der Waals surface area contributed by atoms with Gasteiger partial charge in [-0.15, -0.1) is 0 Å². The molecule has 14 aromatic rings. The van der Waals surface area contributed by atoms with Gasteiger partial charge in [0.25, 0.3) is 0 Å². The number of nitrogens with zero attached hydrogens (tertiary/aromatic N) is 4. The molecule has 0 saturated carbocycles. The van der Waals surface area contributed by atoms with Gasteiger partial charge in [0, 0.05) is 60.3 Å². The molecule has 14 rings (SSSR count). The monoisotopic (exact) mass is 886 g/mol. The van der Waals surface area contributed by atoms with Crippen LogP contribution in [0.15, 0.2) is 227 Å². The van der Waals surface area contributed by atoms with Crippen molar-refractivity contribution in [3.8, 4) is 62.1 Å². The standard InChI is InChI=1S/C61H36N4O2.C2H6/c1-2-13-38(14-3-1)59-62-60(64-61(63-59)43-26-31-49-47-18-6-8-22-53(47)67-56(49)36-43)39-24-29-44(30-25-39)65-52-32-27-37-12-4-5-17-45(37)57(52)50-21-11-20-46(58(50)65)42-16-10-15-40(34-42)41-28-33-55-51(35-41)48-19-7-9-23-54(48)66-55;1-2/h1-36H;1-2H3. The molecule has 6 nitrogen and oxygen atoms in total. The average molecular weight is 887 g/mol. The third-order valence-corrected chi connectivity index (χ3v) is 13.2. The maximum Gasteiger partial charge on any atom is 0.164 e. The zero-order valence-corrected chi connectivity index (χ0v) is 37.9. The molecule has 0 atom stereocenters. The van der Waals surface area contributed by atoms with E-state index >= 15 is 0 Å². The molecule has 0 fully saturated rings. The third kappa shape index (κ3) is 6.68. The van der Waals surface area contributed by atoms with Crippen molar-refractivity contribution in [3.05, 3.63) is 218 Å². The normalized spacial score (nSPS) is 11.6. The number of para-hydroxylation sites is 3. The van der Waals surface area contributed by atoms with Crippen molar-refractivity contribution in [1.29, 1.82) is 0 Å². The second-order valence-corrected chi connectivity index (χ2v) is 17.1. The summed E-state index contributed by atoms with van der Waals surface area (Å²) >= 11 is 0. The molecular formula is C63H42N4O2. The smallest absolute Gasteiger partial charge is 0.164 e. The van der Waals surface area contributed by atoms with Crippen LogP contribution in [0, 0.1) is 0 Å². The minimum atomic E-state index is 0.578. The van der Waals surface area contributed by atoms with Gasteiger partial charge in [-0.3, -0.25) is 0 Å². The van der Waals surface area contributed by atoms with E-state index in [0.717, 1.165) is 99.5 Å². The van der Waals surface area contributed by atoms with Gasteiger partial charge < -0.3 is 13.4 Å². The molecule has 326 valence electrons. The molecule has 0 spiro atoms. The molecule has 0 aliphatic carbocycles. The van der Waals surface area contributed by atoms with Gasteiger partial charge in [0.1, 0.15) is 22.3 Å². The van der Waals surface area contributed by atoms with Crippen molar-refractivity contribution in [2.45, 2.75) is 13.8 Å². The Morgan fingerprint density at radius 2 is 0.870 bits per heavy atom. The lowest BCUT2D eigenvalue weighted by Gasteiger charge is -2.14. The molecule has 0 radical (unpaired) electrons. The number of benzene rings is 10. The van der Waals surface area contributed by atoms with E-state index in [1.807, 2.05) is 80.6 Å². The molecule has 0 amide bonds. The highest BCUT2D eigenvalue weighted by Crippen LogP contribution is 2.43. The Balaban J connectivity index is 0.00000232. The minimum absolute atomic E-state index is 0.578. The quantitative estimate of drug-likeness (QED) is 0.166. The van der Waals surface area contributed by atoms with Crippen LogP contribution in [0.4, 0.5) is 0 Å². The van der Waals surface area contributed by atoms with Crippen LogP contribution < -0.4 is 0 Å². The topological polar surface area (TPSA) is 69.9 Å². The Morgan fingerprint density at radius 1 is 0.333 bits per heavy atom. The Morgan fingerprint density at radius 3 is 1.65 bits per heavy atom. The van der Waals surface area contributed by atoms with E-state index in [1.165, 1.54) is 21.5 Å². The fourth-order valence-corrected chi connectivity index (χ4v) is 10.1. The zero-order chi connectivity index (χ0) is 46.0. The van der Waals surface area contributed by atoms with Crippen molar-refractivity contribution < 1.29 is 8.83 Å². The number of furan rings is 2. The van der Waals surface area contributed by atoms with Gasteiger partial charge >= 0.3 is 0 Å². The van der Waals surface area contributed by atoms with E-state index in [-0.39, 0.29) is 0 Å². The highest BCUT2D eigenvalue weighted by Gasteiger charge is 2.20. The number of rotatable bonds is 6. The maximum atomic E-state index is 6.29. The first-order valence-corrected chi connectivity index (χ1v) is 23.5. The minimum Gasteiger partial charge on any atom is -0.456 e. The molecule has 6 heteroatoms. The van der Waals surface area contributed by atoms with Crippen LogP contribution >= 0.6 is 0 Å². The van der Waals surface area contributed by atoms with Crippen LogP contribution in [-0.4, -0.2) is 19.5 Å². The molecule has 0 unspecified atom stereocenters. The summed E-state index contributed by atoms with van der Waals surface area (Å²) in [6.45, 7) is 4.00. The summed E-state index contributed by atoms with van der Waals surface area (Å²) in [6.07, 6.45) is 0. The summed E-state index contributed by atoms with van der Waals surface area (Å²) in [5.41, 5.74) is 14.0. The molecule has 0 bridgehead atoms. The molecule has 4 heterocycles. The summed E-state index contributed by atoms with van der Waals surface area (Å²) < 4.78 is 14.9. The van der Waals surface area contributed by atoms with Gasteiger partial charge in [-0.2, -0.15) is 0 Å². The van der Waals surface area contributed by atoms with Crippen molar-refractivity contribution in [1.82, 2.24) is 19.5 Å². The van der Waals surface area contributed by atoms with Crippen molar-refractivity contribution in [2.24, 2.45) is 0 Å². The van der Waals surface area contributed by atoms with E-state index in [2.05, 4.69) is 156 Å². The fourth-order valence-electron chi connectivity index (χ4n) is 10.1. The summed E-state index contributed by atoms with van der Waals surface area (Å²) in [7, 11) is 0. The van der Waals surface area contributed by atoms with Crippen molar-refractivity contribution in [2.75, 3.05) is 0 Å². The van der Waals surface area contributed by atoms with E-state index in [9.17, 15) is 0 Å². The molecular weight excluding hydrogens is 845 g/mol. The van der Waals surface area contributed by atoms with Crippen molar-refractivity contribution >= 4 is 76.5 Å². The zero-order valence-electron chi connectivity index (χ0n) is 37.9. The van der Waals surface area contributed by atoms with Gasteiger partial charge in [0.15, 0.2) is 17.5 Å². The predicted molar refractivity (Wildman–Crippen MR) is 285 cm³/mol. The second-order valence-electron chi connectivity index (χ2n) is 17.1. The summed E-state index contributed by atoms with van der Waals surface area (Å²) in [5.74, 6) is 1.77. The molecule has 69 heavy (non-hydrogen) atoms. The lowest BCUT2D eigenvalue weighted by Crippen LogP contribution is -2.00. The molecule has 0 N–H and O–H groups in total. The van der Waals surface area contributed by atoms with Crippen LogP contribution in [0.2, 0.25) is 0 Å². The number of hydrogen-bond acceptors (Lipinski definition) is 5. The Bertz CT molecular complexity index is 4280. The van der Waals surface area contributed by atoms with Gasteiger partial charge in [-0.1, -0.05) is 159 Å². The lowest BCUT2D eigenvalue weighted by atomic mass is 9.96. The Labute approximate surface area is 397 Å². The third-order valence-electron chi connectivity index (χ3n) is 13.2. The van der Waals surface area contributed by atoms with Gasteiger partial charge in [0.2, 0.25) is 0 Å². The SMILES string of the molecule is CC.c1ccc(-c2nc(-c3ccc(-n4c5ccc6ccccc6c5c5cccc(-c6cccc(-c7ccc8oc9ccccc9c8c7)c6)c54)cc3)nc(-c3ccc4c(c3)oc3ccccc34)n2)cc1. The highest BCUT2D eigenvalue weighted by atomic mass is 16.3. The fraction of sp³-hybridized carbons (Fsp3) is 0.0317.